The topological polar surface area (TPSA) is 59.0 Å². The Bertz CT molecular complexity index is 492. The molecule has 5 nitrogen and oxygen atoms in total. The molecule has 140 valence electrons. The highest BCUT2D eigenvalue weighted by molar-refractivity contribution is 6.74. The minimum Gasteiger partial charge on any atom is -0.546 e. The van der Waals surface area contributed by atoms with Crippen LogP contribution in [0, 0.1) is 5.92 Å². The van der Waals surface area contributed by atoms with E-state index in [0.29, 0.717) is 13.2 Å². The first-order valence-electron chi connectivity index (χ1n) is 8.67. The summed E-state index contributed by atoms with van der Waals surface area (Å²) in [5, 5.41) is 9.75. The van der Waals surface area contributed by atoms with E-state index in [-0.39, 0.29) is 17.0 Å². The first-order chi connectivity index (χ1) is 10.6. The van der Waals surface area contributed by atoms with Crippen molar-refractivity contribution in [3.8, 4) is 0 Å². The van der Waals surface area contributed by atoms with Crippen LogP contribution in [0.1, 0.15) is 27.7 Å². The third-order valence-electron chi connectivity index (χ3n) is 4.89. The molecule has 1 aliphatic heterocycles. The molecule has 0 aromatic heterocycles. The van der Waals surface area contributed by atoms with E-state index in [4.69, 9.17) is 8.85 Å². The number of amides is 1. The Labute approximate surface area is 149 Å². The molecule has 1 aliphatic rings. The number of nitrogens with zero attached hydrogens (tertiary/aromatic N) is 1. The van der Waals surface area contributed by atoms with Gasteiger partial charge in [-0.2, -0.15) is 0 Å². The number of carbonyl (C=O) groups is 1. The lowest BCUT2D eigenvalue weighted by molar-refractivity contribution is 0.0766. The average molecular weight is 374 g/mol. The van der Waals surface area contributed by atoms with Gasteiger partial charge in [-0.15, -0.1) is 0 Å². The van der Waals surface area contributed by atoms with Crippen LogP contribution >= 0.6 is 0 Å². The van der Waals surface area contributed by atoms with Gasteiger partial charge in [0.15, 0.2) is 8.32 Å². The van der Waals surface area contributed by atoms with Gasteiger partial charge in [0.05, 0.1) is 25.0 Å². The summed E-state index contributed by atoms with van der Waals surface area (Å²) in [6.07, 6.45) is 1.17. The Kier molecular flexibility index (Phi) is 6.39. The van der Waals surface area contributed by atoms with Gasteiger partial charge >= 0.3 is 6.09 Å². The number of hydrogen-bond donors (Lipinski definition) is 1. The fourth-order valence-electron chi connectivity index (χ4n) is 2.45. The van der Waals surface area contributed by atoms with Crippen molar-refractivity contribution in [1.29, 1.82) is 0 Å². The molecule has 0 aromatic carbocycles. The molecule has 0 fully saturated rings. The van der Waals surface area contributed by atoms with Crippen molar-refractivity contribution in [3.05, 3.63) is 11.8 Å². The van der Waals surface area contributed by atoms with Crippen LogP contribution in [0.3, 0.4) is 0 Å². The molecular weight excluding hydrogens is 338 g/mol. The molecule has 7 heteroatoms. The summed E-state index contributed by atoms with van der Waals surface area (Å²) in [7, 11) is -3.65. The Morgan fingerprint density at radius 1 is 1.29 bits per heavy atom. The van der Waals surface area contributed by atoms with Crippen molar-refractivity contribution in [3.63, 3.8) is 0 Å². The van der Waals surface area contributed by atoms with E-state index in [1.807, 2.05) is 6.92 Å². The van der Waals surface area contributed by atoms with Crippen LogP contribution in [0.5, 0.6) is 0 Å². The van der Waals surface area contributed by atoms with Crippen molar-refractivity contribution in [2.75, 3.05) is 13.2 Å². The molecular formula is C17H35NO4Si2. The predicted octanol–water partition coefficient (Wildman–Crippen LogP) is 4.74. The van der Waals surface area contributed by atoms with Gasteiger partial charge in [-0.3, -0.25) is 4.90 Å². The second-order valence-electron chi connectivity index (χ2n) is 9.26. The molecule has 0 aliphatic carbocycles. The average Bonchev–Trinajstić information content (AvgIpc) is 2.33. The molecule has 0 aromatic rings. The monoisotopic (exact) mass is 373 g/mol. The number of rotatable bonds is 5. The lowest BCUT2D eigenvalue weighted by Gasteiger charge is -2.42. The third kappa shape index (κ3) is 5.63. The molecule has 24 heavy (non-hydrogen) atoms. The van der Waals surface area contributed by atoms with E-state index in [0.717, 1.165) is 5.76 Å². The van der Waals surface area contributed by atoms with Gasteiger partial charge in [0.25, 0.3) is 0 Å². The zero-order valence-corrected chi connectivity index (χ0v) is 18.8. The highest BCUT2D eigenvalue weighted by Crippen LogP contribution is 2.37. The molecule has 1 heterocycles. The van der Waals surface area contributed by atoms with Gasteiger partial charge in [0.2, 0.25) is 8.32 Å². The highest BCUT2D eigenvalue weighted by Gasteiger charge is 2.40. The summed E-state index contributed by atoms with van der Waals surface area (Å²) >= 11 is 0. The first-order valence-corrected chi connectivity index (χ1v) is 15.0. The van der Waals surface area contributed by atoms with Crippen LogP contribution in [0.15, 0.2) is 11.8 Å². The van der Waals surface area contributed by atoms with Crippen molar-refractivity contribution in [2.24, 2.45) is 5.92 Å². The van der Waals surface area contributed by atoms with Crippen molar-refractivity contribution in [1.82, 2.24) is 4.90 Å². The van der Waals surface area contributed by atoms with Crippen LogP contribution in [0.25, 0.3) is 0 Å². The lowest BCUT2D eigenvalue weighted by atomic mass is 9.97. The lowest BCUT2D eigenvalue weighted by Crippen LogP contribution is -2.52. The van der Waals surface area contributed by atoms with Crippen LogP contribution < -0.4 is 0 Å². The molecule has 2 atom stereocenters. The quantitative estimate of drug-likeness (QED) is 0.707. The molecule has 0 spiro atoms. The van der Waals surface area contributed by atoms with E-state index in [1.165, 1.54) is 4.90 Å². The van der Waals surface area contributed by atoms with E-state index >= 15 is 0 Å². The first kappa shape index (κ1) is 21.2. The maximum absolute atomic E-state index is 11.8. The molecule has 0 saturated carbocycles. The maximum atomic E-state index is 11.8. The minimum absolute atomic E-state index is 0.0750. The molecule has 1 unspecified atom stereocenters. The van der Waals surface area contributed by atoms with Gasteiger partial charge in [-0.05, 0) is 43.8 Å². The fourth-order valence-corrected chi connectivity index (χ4v) is 4.39. The minimum atomic E-state index is -1.90. The second kappa shape index (κ2) is 7.21. The van der Waals surface area contributed by atoms with E-state index in [1.54, 1.807) is 0 Å². The van der Waals surface area contributed by atoms with Gasteiger partial charge in [0.1, 0.15) is 0 Å². The predicted molar refractivity (Wildman–Crippen MR) is 103 cm³/mol. The fraction of sp³-hybridized carbons (Fsp3) is 0.824. The largest absolute Gasteiger partial charge is 0.546 e. The molecule has 1 amide bonds. The molecule has 1 rings (SSSR count). The second-order valence-corrected chi connectivity index (χ2v) is 18.5. The van der Waals surface area contributed by atoms with Crippen molar-refractivity contribution in [2.45, 2.75) is 71.5 Å². The Morgan fingerprint density at radius 2 is 1.83 bits per heavy atom. The van der Waals surface area contributed by atoms with Crippen LogP contribution in [-0.4, -0.2) is 51.9 Å². The van der Waals surface area contributed by atoms with Crippen LogP contribution in [0.2, 0.25) is 37.8 Å². The van der Waals surface area contributed by atoms with E-state index in [2.05, 4.69) is 59.6 Å². The highest BCUT2D eigenvalue weighted by atomic mass is 28.4. The zero-order valence-electron chi connectivity index (χ0n) is 16.8. The summed E-state index contributed by atoms with van der Waals surface area (Å²) in [5.74, 6) is 0.860. The normalized spacial score (nSPS) is 23.0. The van der Waals surface area contributed by atoms with Crippen molar-refractivity contribution >= 4 is 22.7 Å². The molecule has 0 saturated heterocycles. The summed E-state index contributed by atoms with van der Waals surface area (Å²) in [6, 6.07) is -0.161. The summed E-state index contributed by atoms with van der Waals surface area (Å²) in [4.78, 5) is 13.2. The standard InChI is InChI=1S/C17H35NO4Si2/c1-13-10-14(22-23(5,6)7)11-18(16(19)20)15(13)12-21-24(8,9)17(2,3)4/h10,13,15H,11-12H2,1-9H3,(H,19,20)/t13?,15-/m1/s1. The van der Waals surface area contributed by atoms with Gasteiger partial charge < -0.3 is 14.0 Å². The van der Waals surface area contributed by atoms with E-state index in [9.17, 15) is 9.90 Å². The van der Waals surface area contributed by atoms with Crippen LogP contribution in [0.4, 0.5) is 4.79 Å². The Balaban J connectivity index is 2.92. The Hall–Kier alpha value is -0.796. The van der Waals surface area contributed by atoms with Crippen molar-refractivity contribution < 1.29 is 18.8 Å². The number of hydrogen-bond acceptors (Lipinski definition) is 3. The van der Waals surface area contributed by atoms with Gasteiger partial charge in [-0.25, -0.2) is 4.79 Å². The summed E-state index contributed by atoms with van der Waals surface area (Å²) in [6.45, 7) is 20.1. The van der Waals surface area contributed by atoms with E-state index < -0.39 is 22.7 Å². The smallest absolute Gasteiger partial charge is 0.408 e. The maximum Gasteiger partial charge on any atom is 0.408 e. The zero-order chi connectivity index (χ0) is 18.9. The van der Waals surface area contributed by atoms with Crippen LogP contribution in [-0.2, 0) is 8.85 Å². The molecule has 1 N–H and O–H groups in total. The SMILES string of the molecule is CC1C=C(O[Si](C)(C)C)CN(C(=O)O)[C@@H]1CO[Si](C)(C)C(C)(C)C. The summed E-state index contributed by atoms with van der Waals surface area (Å²) in [5.41, 5.74) is 0. The number of carboxylic acid groups (broad SMARTS) is 1. The summed E-state index contributed by atoms with van der Waals surface area (Å²) < 4.78 is 12.3. The van der Waals surface area contributed by atoms with Gasteiger partial charge in [0, 0.05) is 5.92 Å². The molecule has 0 radical (unpaired) electrons. The third-order valence-corrected chi connectivity index (χ3v) is 10.3. The molecule has 0 bridgehead atoms. The van der Waals surface area contributed by atoms with Gasteiger partial charge in [-0.1, -0.05) is 27.7 Å². The Morgan fingerprint density at radius 3 is 2.25 bits per heavy atom.